The number of hydrogen-bond acceptors (Lipinski definition) is 5. The molecule has 0 aliphatic rings. The molecular weight excluding hydrogens is 436 g/mol. The summed E-state index contributed by atoms with van der Waals surface area (Å²) in [6.07, 6.45) is 0.804. The number of esters is 1. The van der Waals surface area contributed by atoms with E-state index in [9.17, 15) is 10.1 Å². The maximum absolute atomic E-state index is 12.6. The molecule has 0 atom stereocenters. The van der Waals surface area contributed by atoms with E-state index in [4.69, 9.17) is 14.7 Å². The molecule has 0 spiro atoms. The zero-order valence-electron chi connectivity index (χ0n) is 20.5. The lowest BCUT2D eigenvalue weighted by atomic mass is 9.92. The van der Waals surface area contributed by atoms with Crippen LogP contribution in [0.15, 0.2) is 66.2 Å². The SMILES string of the molecule is CCOC(=O)C(C#N)=C(c1ccccc1)c1ccc(Cn2c(CC)nc3c(C)cc(C)nc32)cc1. The number of carbonyl (C=O) groups excluding carboxylic acids is 1. The summed E-state index contributed by atoms with van der Waals surface area (Å²) in [5.41, 5.74) is 7.11. The first-order valence-electron chi connectivity index (χ1n) is 11.8. The van der Waals surface area contributed by atoms with E-state index in [-0.39, 0.29) is 12.2 Å². The first-order valence-corrected chi connectivity index (χ1v) is 11.8. The van der Waals surface area contributed by atoms with Crippen molar-refractivity contribution in [3.63, 3.8) is 0 Å². The maximum Gasteiger partial charge on any atom is 0.349 e. The summed E-state index contributed by atoms with van der Waals surface area (Å²) >= 11 is 0. The largest absolute Gasteiger partial charge is 0.462 e. The average molecular weight is 465 g/mol. The number of imidazole rings is 1. The predicted molar refractivity (Wildman–Crippen MR) is 137 cm³/mol. The molecule has 35 heavy (non-hydrogen) atoms. The van der Waals surface area contributed by atoms with Gasteiger partial charge in [-0.05, 0) is 49.1 Å². The van der Waals surface area contributed by atoms with Gasteiger partial charge >= 0.3 is 5.97 Å². The van der Waals surface area contributed by atoms with E-state index < -0.39 is 5.97 Å². The van der Waals surface area contributed by atoms with Gasteiger partial charge in [0.1, 0.15) is 23.0 Å². The second-order valence-corrected chi connectivity index (χ2v) is 8.37. The number of aromatic nitrogens is 3. The van der Waals surface area contributed by atoms with E-state index in [0.717, 1.165) is 51.4 Å². The second kappa shape index (κ2) is 10.4. The third kappa shape index (κ3) is 4.85. The van der Waals surface area contributed by atoms with Gasteiger partial charge in [0.25, 0.3) is 0 Å². The summed E-state index contributed by atoms with van der Waals surface area (Å²) in [4.78, 5) is 22.2. The second-order valence-electron chi connectivity index (χ2n) is 8.37. The number of hydrogen-bond donors (Lipinski definition) is 0. The Bertz CT molecular complexity index is 1440. The molecule has 4 aromatic rings. The minimum Gasteiger partial charge on any atom is -0.462 e. The van der Waals surface area contributed by atoms with Crippen LogP contribution in [-0.4, -0.2) is 27.1 Å². The van der Waals surface area contributed by atoms with E-state index >= 15 is 0 Å². The van der Waals surface area contributed by atoms with Crippen molar-refractivity contribution in [2.45, 2.75) is 40.7 Å². The summed E-state index contributed by atoms with van der Waals surface area (Å²) < 4.78 is 7.33. The number of carbonyl (C=O) groups is 1. The number of nitrogens with zero attached hydrogens (tertiary/aromatic N) is 4. The third-order valence-electron chi connectivity index (χ3n) is 5.90. The fourth-order valence-electron chi connectivity index (χ4n) is 4.31. The summed E-state index contributed by atoms with van der Waals surface area (Å²) in [5.74, 6) is 0.372. The summed E-state index contributed by atoms with van der Waals surface area (Å²) in [6, 6.07) is 21.5. The first-order chi connectivity index (χ1) is 17.0. The van der Waals surface area contributed by atoms with Crippen LogP contribution in [0, 0.1) is 25.2 Å². The Hall–Kier alpha value is -4.24. The van der Waals surface area contributed by atoms with Crippen molar-refractivity contribution in [3.8, 4) is 6.07 Å². The van der Waals surface area contributed by atoms with Gasteiger partial charge in [0.15, 0.2) is 5.65 Å². The molecule has 2 aromatic heterocycles. The van der Waals surface area contributed by atoms with Crippen molar-refractivity contribution < 1.29 is 9.53 Å². The van der Waals surface area contributed by atoms with Crippen molar-refractivity contribution in [1.82, 2.24) is 14.5 Å². The van der Waals surface area contributed by atoms with Gasteiger partial charge in [0.05, 0.1) is 13.2 Å². The van der Waals surface area contributed by atoms with Crippen molar-refractivity contribution in [2.24, 2.45) is 0 Å². The molecule has 0 N–H and O–H groups in total. The van der Waals surface area contributed by atoms with Crippen LogP contribution in [0.5, 0.6) is 0 Å². The van der Waals surface area contributed by atoms with Crippen LogP contribution in [0.25, 0.3) is 16.7 Å². The van der Waals surface area contributed by atoms with Crippen LogP contribution >= 0.6 is 0 Å². The Kier molecular flexibility index (Phi) is 7.07. The number of aryl methyl sites for hydroxylation is 3. The molecule has 0 fully saturated rings. The molecule has 0 bridgehead atoms. The van der Waals surface area contributed by atoms with Crippen molar-refractivity contribution >= 4 is 22.7 Å². The monoisotopic (exact) mass is 464 g/mol. The lowest BCUT2D eigenvalue weighted by molar-refractivity contribution is -0.137. The Labute approximate surface area is 205 Å². The van der Waals surface area contributed by atoms with Gasteiger partial charge in [-0.25, -0.2) is 14.8 Å². The minimum absolute atomic E-state index is 0.00479. The molecule has 0 aliphatic heterocycles. The quantitative estimate of drug-likeness (QED) is 0.204. The Morgan fingerprint density at radius 3 is 2.31 bits per heavy atom. The molecule has 6 heteroatoms. The standard InChI is InChI=1S/C29H28N4O2/c1-5-25-32-27-19(3)16-20(4)31-28(27)33(25)18-21-12-14-23(15-13-21)26(22-10-8-7-9-11-22)24(17-30)29(34)35-6-2/h7-16H,5-6,18H2,1-4H3. The number of fused-ring (bicyclic) bond motifs is 1. The molecule has 0 radical (unpaired) electrons. The molecule has 6 nitrogen and oxygen atoms in total. The van der Waals surface area contributed by atoms with Crippen molar-refractivity contribution in [2.75, 3.05) is 6.61 Å². The van der Waals surface area contributed by atoms with Crippen LogP contribution in [0.4, 0.5) is 0 Å². The van der Waals surface area contributed by atoms with E-state index in [1.807, 2.05) is 61.5 Å². The summed E-state index contributed by atoms with van der Waals surface area (Å²) in [5, 5.41) is 9.82. The molecule has 0 unspecified atom stereocenters. The van der Waals surface area contributed by atoms with E-state index in [2.05, 4.69) is 30.6 Å². The molecule has 4 rings (SSSR count). The van der Waals surface area contributed by atoms with E-state index in [0.29, 0.717) is 12.1 Å². The van der Waals surface area contributed by atoms with Crippen LogP contribution in [0.3, 0.4) is 0 Å². The highest BCUT2D eigenvalue weighted by atomic mass is 16.5. The molecule has 0 aliphatic carbocycles. The van der Waals surface area contributed by atoms with E-state index in [1.54, 1.807) is 6.92 Å². The predicted octanol–water partition coefficient (Wildman–Crippen LogP) is 5.55. The van der Waals surface area contributed by atoms with Gasteiger partial charge in [-0.3, -0.25) is 0 Å². The first kappa shape index (κ1) is 23.9. The smallest absolute Gasteiger partial charge is 0.349 e. The summed E-state index contributed by atoms with van der Waals surface area (Å²) in [6.45, 7) is 8.72. The van der Waals surface area contributed by atoms with Crippen LogP contribution < -0.4 is 0 Å². The van der Waals surface area contributed by atoms with Gasteiger partial charge in [-0.2, -0.15) is 5.26 Å². The summed E-state index contributed by atoms with van der Waals surface area (Å²) in [7, 11) is 0. The fraction of sp³-hybridized carbons (Fsp3) is 0.241. The van der Waals surface area contributed by atoms with Crippen molar-refractivity contribution in [1.29, 1.82) is 5.26 Å². The van der Waals surface area contributed by atoms with Crippen LogP contribution in [0.1, 0.15) is 47.6 Å². The third-order valence-corrected chi connectivity index (χ3v) is 5.90. The molecule has 0 saturated carbocycles. The molecule has 176 valence electrons. The van der Waals surface area contributed by atoms with E-state index in [1.165, 1.54) is 0 Å². The van der Waals surface area contributed by atoms with Gasteiger partial charge in [-0.1, -0.05) is 61.5 Å². The zero-order valence-corrected chi connectivity index (χ0v) is 20.5. The number of rotatable bonds is 7. The number of pyridine rings is 1. The van der Waals surface area contributed by atoms with Crippen molar-refractivity contribution in [3.05, 3.63) is 100 Å². The molecule has 2 heterocycles. The van der Waals surface area contributed by atoms with Crippen LogP contribution in [0.2, 0.25) is 0 Å². The highest BCUT2D eigenvalue weighted by Crippen LogP contribution is 2.28. The maximum atomic E-state index is 12.6. The topological polar surface area (TPSA) is 80.8 Å². The minimum atomic E-state index is -0.618. The Morgan fingerprint density at radius 1 is 1.00 bits per heavy atom. The lowest BCUT2D eigenvalue weighted by Crippen LogP contribution is -2.10. The van der Waals surface area contributed by atoms with Crippen LogP contribution in [-0.2, 0) is 22.5 Å². The van der Waals surface area contributed by atoms with Gasteiger partial charge in [-0.15, -0.1) is 0 Å². The lowest BCUT2D eigenvalue weighted by Gasteiger charge is -2.13. The van der Waals surface area contributed by atoms with Gasteiger partial charge in [0, 0.05) is 17.7 Å². The highest BCUT2D eigenvalue weighted by molar-refractivity contribution is 6.05. The molecule has 0 saturated heterocycles. The highest BCUT2D eigenvalue weighted by Gasteiger charge is 2.20. The Balaban J connectivity index is 1.76. The molecule has 0 amide bonds. The normalized spacial score (nSPS) is 11.7. The van der Waals surface area contributed by atoms with Gasteiger partial charge < -0.3 is 9.30 Å². The van der Waals surface area contributed by atoms with Gasteiger partial charge in [0.2, 0.25) is 0 Å². The average Bonchev–Trinajstić information content (AvgIpc) is 3.21. The Morgan fingerprint density at radius 2 is 1.69 bits per heavy atom. The number of benzene rings is 2. The fourth-order valence-corrected chi connectivity index (χ4v) is 4.31. The molecule has 2 aromatic carbocycles. The molecular formula is C29H28N4O2. The number of nitriles is 1. The number of ether oxygens (including phenoxy) is 1. The zero-order chi connectivity index (χ0) is 24.9.